The van der Waals surface area contributed by atoms with Crippen LogP contribution >= 0.6 is 22.9 Å². The Kier molecular flexibility index (Phi) is 4.44. The number of rotatable bonds is 5. The van der Waals surface area contributed by atoms with Gasteiger partial charge in [0.05, 0.1) is 16.1 Å². The molecule has 1 atom stereocenters. The van der Waals surface area contributed by atoms with Crippen LogP contribution < -0.4 is 4.72 Å². The zero-order valence-corrected chi connectivity index (χ0v) is 14.3. The van der Waals surface area contributed by atoms with Crippen LogP contribution in [-0.4, -0.2) is 28.6 Å². The number of tetrazole rings is 1. The Hall–Kier alpha value is -1.81. The molecule has 2 aromatic heterocycles. The first kappa shape index (κ1) is 16.1. The van der Waals surface area contributed by atoms with Crippen molar-refractivity contribution in [2.45, 2.75) is 17.2 Å². The fourth-order valence-electron chi connectivity index (χ4n) is 2.00. The summed E-state index contributed by atoms with van der Waals surface area (Å²) < 4.78 is 29.3. The van der Waals surface area contributed by atoms with E-state index >= 15 is 0 Å². The van der Waals surface area contributed by atoms with Gasteiger partial charge in [0.1, 0.15) is 4.21 Å². The van der Waals surface area contributed by atoms with Gasteiger partial charge in [0.25, 0.3) is 10.0 Å². The number of nitrogens with zero attached hydrogens (tertiary/aromatic N) is 4. The van der Waals surface area contributed by atoms with Gasteiger partial charge in [-0.1, -0.05) is 29.8 Å². The maximum Gasteiger partial charge on any atom is 0.250 e. The summed E-state index contributed by atoms with van der Waals surface area (Å²) in [5.41, 5.74) is 0.748. The number of sulfonamides is 1. The first-order valence-electron chi connectivity index (χ1n) is 6.59. The summed E-state index contributed by atoms with van der Waals surface area (Å²) in [5.74, 6) is 0.391. The smallest absolute Gasteiger partial charge is 0.206 e. The number of thiophene rings is 1. The molecule has 0 bridgehead atoms. The van der Waals surface area contributed by atoms with E-state index in [1.165, 1.54) is 10.7 Å². The Morgan fingerprint density at radius 3 is 2.61 bits per heavy atom. The van der Waals surface area contributed by atoms with Gasteiger partial charge >= 0.3 is 0 Å². The fraction of sp³-hybridized carbons (Fsp3) is 0.154. The molecule has 0 saturated carbocycles. The van der Waals surface area contributed by atoms with E-state index in [9.17, 15) is 8.42 Å². The van der Waals surface area contributed by atoms with Crippen molar-refractivity contribution in [3.63, 3.8) is 0 Å². The predicted octanol–water partition coefficient (Wildman–Crippen LogP) is 2.42. The normalized spacial score (nSPS) is 13.1. The van der Waals surface area contributed by atoms with E-state index in [-0.39, 0.29) is 4.21 Å². The Labute approximate surface area is 142 Å². The lowest BCUT2D eigenvalue weighted by molar-refractivity contribution is 0.556. The van der Waals surface area contributed by atoms with Crippen molar-refractivity contribution in [2.75, 3.05) is 0 Å². The topological polar surface area (TPSA) is 89.8 Å². The number of halogens is 1. The van der Waals surface area contributed by atoms with E-state index in [2.05, 4.69) is 20.2 Å². The lowest BCUT2D eigenvalue weighted by Gasteiger charge is -2.13. The number of aromatic nitrogens is 4. The van der Waals surface area contributed by atoms with Gasteiger partial charge in [-0.15, -0.1) is 16.4 Å². The molecule has 1 N–H and O–H groups in total. The summed E-state index contributed by atoms with van der Waals surface area (Å²) in [6, 6.07) is 11.6. The van der Waals surface area contributed by atoms with Crippen LogP contribution in [0.15, 0.2) is 46.7 Å². The third kappa shape index (κ3) is 3.42. The van der Waals surface area contributed by atoms with Crippen LogP contribution in [0.2, 0.25) is 4.34 Å². The van der Waals surface area contributed by atoms with Crippen molar-refractivity contribution in [2.24, 2.45) is 0 Å². The summed E-state index contributed by atoms with van der Waals surface area (Å²) in [5, 5.41) is 11.5. The van der Waals surface area contributed by atoms with Crippen molar-refractivity contribution in [3.05, 3.63) is 52.6 Å². The molecule has 10 heteroatoms. The highest BCUT2D eigenvalue weighted by Gasteiger charge is 2.24. The molecule has 0 radical (unpaired) electrons. The van der Waals surface area contributed by atoms with Gasteiger partial charge in [0.15, 0.2) is 5.82 Å². The molecule has 0 aliphatic heterocycles. The molecular formula is C13H12ClN5O2S2. The van der Waals surface area contributed by atoms with Crippen LogP contribution in [-0.2, 0) is 10.0 Å². The van der Waals surface area contributed by atoms with Gasteiger partial charge in [0, 0.05) is 0 Å². The summed E-state index contributed by atoms with van der Waals surface area (Å²) in [7, 11) is -3.69. The number of hydrogen-bond acceptors (Lipinski definition) is 6. The Morgan fingerprint density at radius 1 is 1.22 bits per heavy atom. The van der Waals surface area contributed by atoms with E-state index in [1.54, 1.807) is 13.0 Å². The minimum absolute atomic E-state index is 0.146. The fourth-order valence-corrected chi connectivity index (χ4v) is 4.70. The van der Waals surface area contributed by atoms with Crippen molar-refractivity contribution in [1.82, 2.24) is 24.9 Å². The quantitative estimate of drug-likeness (QED) is 0.745. The second-order valence-corrected chi connectivity index (χ2v) is 8.34. The van der Waals surface area contributed by atoms with E-state index in [0.717, 1.165) is 17.0 Å². The van der Waals surface area contributed by atoms with Crippen LogP contribution in [0.3, 0.4) is 0 Å². The Balaban J connectivity index is 1.88. The number of para-hydroxylation sites is 1. The van der Waals surface area contributed by atoms with Crippen molar-refractivity contribution < 1.29 is 8.42 Å². The summed E-state index contributed by atoms with van der Waals surface area (Å²) in [6.07, 6.45) is 0. The molecule has 2 heterocycles. The van der Waals surface area contributed by atoms with Crippen LogP contribution in [0.5, 0.6) is 0 Å². The molecule has 0 fully saturated rings. The highest BCUT2D eigenvalue weighted by molar-refractivity contribution is 7.91. The van der Waals surface area contributed by atoms with Crippen molar-refractivity contribution in [3.8, 4) is 5.69 Å². The van der Waals surface area contributed by atoms with Gasteiger partial charge in [-0.05, 0) is 41.6 Å². The second-order valence-electron chi connectivity index (χ2n) is 4.69. The third-order valence-corrected chi connectivity index (χ3v) is 6.29. The van der Waals surface area contributed by atoms with Crippen LogP contribution in [0.1, 0.15) is 18.8 Å². The molecule has 0 spiro atoms. The highest BCUT2D eigenvalue weighted by atomic mass is 35.5. The highest BCUT2D eigenvalue weighted by Crippen LogP contribution is 2.26. The lowest BCUT2D eigenvalue weighted by Crippen LogP contribution is -2.28. The molecule has 1 unspecified atom stereocenters. The summed E-state index contributed by atoms with van der Waals surface area (Å²) in [4.78, 5) is 0. The molecule has 7 nitrogen and oxygen atoms in total. The minimum atomic E-state index is -3.69. The monoisotopic (exact) mass is 369 g/mol. The number of hydrogen-bond donors (Lipinski definition) is 1. The molecule has 0 aliphatic rings. The van der Waals surface area contributed by atoms with Gasteiger partial charge in [-0.2, -0.15) is 9.40 Å². The van der Waals surface area contributed by atoms with Gasteiger partial charge in [-0.3, -0.25) is 0 Å². The van der Waals surface area contributed by atoms with E-state index in [4.69, 9.17) is 11.6 Å². The zero-order chi connectivity index (χ0) is 16.4. The Bertz CT molecular complexity index is 907. The SMILES string of the molecule is CC(NS(=O)(=O)c1ccc(Cl)s1)c1nnnn1-c1ccccc1. The number of benzene rings is 1. The zero-order valence-electron chi connectivity index (χ0n) is 11.9. The molecule has 1 aromatic carbocycles. The summed E-state index contributed by atoms with van der Waals surface area (Å²) in [6.45, 7) is 1.68. The summed E-state index contributed by atoms with van der Waals surface area (Å²) >= 11 is 6.79. The van der Waals surface area contributed by atoms with Crippen LogP contribution in [0, 0.1) is 0 Å². The molecular weight excluding hydrogens is 358 g/mol. The van der Waals surface area contributed by atoms with E-state index in [0.29, 0.717) is 10.2 Å². The third-order valence-electron chi connectivity index (χ3n) is 3.03. The van der Waals surface area contributed by atoms with Crippen LogP contribution in [0.4, 0.5) is 0 Å². The Morgan fingerprint density at radius 2 is 1.96 bits per heavy atom. The van der Waals surface area contributed by atoms with Crippen molar-refractivity contribution >= 4 is 33.0 Å². The standard InChI is InChI=1S/C13H12ClN5O2S2/c1-9(16-23(20,21)12-8-7-11(14)22-12)13-15-17-18-19(13)10-5-3-2-4-6-10/h2-9,16H,1H3. The maximum absolute atomic E-state index is 12.4. The average molecular weight is 370 g/mol. The predicted molar refractivity (Wildman–Crippen MR) is 87.2 cm³/mol. The largest absolute Gasteiger partial charge is 0.250 e. The molecule has 3 aromatic rings. The van der Waals surface area contributed by atoms with Gasteiger partial charge < -0.3 is 0 Å². The lowest BCUT2D eigenvalue weighted by atomic mass is 10.3. The number of nitrogens with one attached hydrogen (secondary N) is 1. The average Bonchev–Trinajstić information content (AvgIpc) is 3.16. The van der Waals surface area contributed by atoms with Gasteiger partial charge in [0.2, 0.25) is 0 Å². The molecule has 0 amide bonds. The second kappa shape index (κ2) is 6.36. The molecule has 0 saturated heterocycles. The first-order valence-corrected chi connectivity index (χ1v) is 9.26. The molecule has 3 rings (SSSR count). The molecule has 0 aliphatic carbocycles. The van der Waals surface area contributed by atoms with E-state index < -0.39 is 16.1 Å². The molecule has 23 heavy (non-hydrogen) atoms. The van der Waals surface area contributed by atoms with E-state index in [1.807, 2.05) is 30.3 Å². The van der Waals surface area contributed by atoms with Crippen LogP contribution in [0.25, 0.3) is 5.69 Å². The minimum Gasteiger partial charge on any atom is -0.206 e. The van der Waals surface area contributed by atoms with Crippen molar-refractivity contribution in [1.29, 1.82) is 0 Å². The maximum atomic E-state index is 12.4. The van der Waals surface area contributed by atoms with Gasteiger partial charge in [-0.25, -0.2) is 8.42 Å². The first-order chi connectivity index (χ1) is 11.0. The molecule has 120 valence electrons.